The van der Waals surface area contributed by atoms with Gasteiger partial charge in [-0.05, 0) is 30.3 Å². The van der Waals surface area contributed by atoms with Crippen molar-refractivity contribution >= 4 is 22.9 Å². The van der Waals surface area contributed by atoms with Crippen molar-refractivity contribution in [3.05, 3.63) is 35.9 Å². The largest absolute Gasteiger partial charge is 0.416 e. The predicted octanol–water partition coefficient (Wildman–Crippen LogP) is 1.10. The Labute approximate surface area is 127 Å². The van der Waals surface area contributed by atoms with Crippen molar-refractivity contribution in [2.45, 2.75) is 13.1 Å². The zero-order valence-electron chi connectivity index (χ0n) is 11.8. The van der Waals surface area contributed by atoms with Crippen LogP contribution in [-0.4, -0.2) is 33.6 Å². The topological polar surface area (TPSA) is 86.1 Å². The van der Waals surface area contributed by atoms with Crippen LogP contribution in [0.5, 0.6) is 0 Å². The van der Waals surface area contributed by atoms with Crippen molar-refractivity contribution in [2.24, 2.45) is 0 Å². The Hall–Kier alpha value is -2.91. The fraction of sp³-hybridized carbons (Fsp3) is 0.231. The summed E-state index contributed by atoms with van der Waals surface area (Å²) in [6.07, 6.45) is -4.55. The molecule has 0 bridgehead atoms. The molecule has 0 saturated heterocycles. The van der Waals surface area contributed by atoms with Gasteiger partial charge in [0, 0.05) is 5.57 Å². The number of carbonyl (C=O) groups excluding carboxylic acids is 2. The Balaban J connectivity index is 2.15. The van der Waals surface area contributed by atoms with Gasteiger partial charge in [-0.2, -0.15) is 13.2 Å². The zero-order valence-corrected chi connectivity index (χ0v) is 11.8. The van der Waals surface area contributed by atoms with E-state index in [2.05, 4.69) is 22.2 Å². The van der Waals surface area contributed by atoms with Gasteiger partial charge in [0.1, 0.15) is 17.6 Å². The molecule has 1 aromatic heterocycles. The van der Waals surface area contributed by atoms with E-state index in [9.17, 15) is 22.8 Å². The van der Waals surface area contributed by atoms with Gasteiger partial charge in [-0.25, -0.2) is 4.79 Å². The third-order valence-electron chi connectivity index (χ3n) is 2.71. The average molecular weight is 328 g/mol. The third-order valence-corrected chi connectivity index (χ3v) is 2.71. The third kappa shape index (κ3) is 3.84. The Morgan fingerprint density at radius 2 is 2.09 bits per heavy atom. The average Bonchev–Trinajstić information content (AvgIpc) is 2.86. The maximum atomic E-state index is 12.7. The molecule has 23 heavy (non-hydrogen) atoms. The van der Waals surface area contributed by atoms with Crippen molar-refractivity contribution in [3.8, 4) is 0 Å². The number of nitrogens with one attached hydrogen (secondary N) is 1. The molecule has 0 fully saturated rings. The molecule has 1 amide bonds. The molecule has 1 heterocycles. The Kier molecular flexibility index (Phi) is 4.34. The summed E-state index contributed by atoms with van der Waals surface area (Å²) >= 11 is 0. The van der Waals surface area contributed by atoms with E-state index >= 15 is 0 Å². The first-order valence-corrected chi connectivity index (χ1v) is 6.26. The number of alkyl halides is 3. The smallest absolute Gasteiger partial charge is 0.341 e. The summed E-state index contributed by atoms with van der Waals surface area (Å²) in [6.45, 7) is 4.34. The molecule has 0 radical (unpaired) electrons. The van der Waals surface area contributed by atoms with Crippen LogP contribution in [0.3, 0.4) is 0 Å². The SMILES string of the molecule is C=C(C)C(=O)NCC(=O)On1nnc2ccc(C(F)(F)F)cc21. The lowest BCUT2D eigenvalue weighted by molar-refractivity contribution is -0.145. The molecule has 2 aromatic rings. The number of halogens is 3. The number of carbonyl (C=O) groups is 2. The highest BCUT2D eigenvalue weighted by Gasteiger charge is 2.31. The first-order valence-electron chi connectivity index (χ1n) is 6.26. The minimum atomic E-state index is -4.55. The second kappa shape index (κ2) is 6.07. The van der Waals surface area contributed by atoms with Gasteiger partial charge >= 0.3 is 12.1 Å². The van der Waals surface area contributed by atoms with Crippen molar-refractivity contribution in [2.75, 3.05) is 6.54 Å². The van der Waals surface area contributed by atoms with E-state index in [1.165, 1.54) is 6.92 Å². The Bertz CT molecular complexity index is 782. The summed E-state index contributed by atoms with van der Waals surface area (Å²) in [7, 11) is 0. The highest BCUT2D eigenvalue weighted by Crippen LogP contribution is 2.30. The lowest BCUT2D eigenvalue weighted by atomic mass is 10.2. The highest BCUT2D eigenvalue weighted by molar-refractivity contribution is 5.94. The monoisotopic (exact) mass is 328 g/mol. The van der Waals surface area contributed by atoms with Crippen LogP contribution < -0.4 is 10.2 Å². The van der Waals surface area contributed by atoms with Crippen LogP contribution in [0.25, 0.3) is 11.0 Å². The predicted molar refractivity (Wildman–Crippen MR) is 71.9 cm³/mol. The first-order chi connectivity index (χ1) is 10.7. The highest BCUT2D eigenvalue weighted by atomic mass is 19.4. The maximum Gasteiger partial charge on any atom is 0.416 e. The van der Waals surface area contributed by atoms with Crippen LogP contribution in [-0.2, 0) is 15.8 Å². The summed E-state index contributed by atoms with van der Waals surface area (Å²) in [5.74, 6) is -1.48. The van der Waals surface area contributed by atoms with E-state index < -0.39 is 30.2 Å². The quantitative estimate of drug-likeness (QED) is 0.671. The molecule has 0 spiro atoms. The molecule has 1 N–H and O–H groups in total. The molecular formula is C13H11F3N4O3. The van der Waals surface area contributed by atoms with E-state index in [4.69, 9.17) is 4.84 Å². The van der Waals surface area contributed by atoms with Crippen molar-refractivity contribution in [3.63, 3.8) is 0 Å². The van der Waals surface area contributed by atoms with Crippen LogP contribution in [0.15, 0.2) is 30.4 Å². The number of hydrogen-bond donors (Lipinski definition) is 1. The number of benzene rings is 1. The molecule has 2 rings (SSSR count). The fourth-order valence-corrected chi connectivity index (χ4v) is 1.57. The van der Waals surface area contributed by atoms with Gasteiger partial charge in [-0.3, -0.25) is 4.79 Å². The van der Waals surface area contributed by atoms with Crippen molar-refractivity contribution in [1.82, 2.24) is 20.5 Å². The second-order valence-corrected chi connectivity index (χ2v) is 4.59. The molecule has 0 aliphatic heterocycles. The van der Waals surface area contributed by atoms with E-state index in [-0.39, 0.29) is 16.6 Å². The van der Waals surface area contributed by atoms with Gasteiger partial charge in [0.2, 0.25) is 5.91 Å². The lowest BCUT2D eigenvalue weighted by Crippen LogP contribution is -2.35. The van der Waals surface area contributed by atoms with E-state index in [1.807, 2.05) is 0 Å². The molecule has 10 heteroatoms. The lowest BCUT2D eigenvalue weighted by Gasteiger charge is -2.07. The Morgan fingerprint density at radius 1 is 1.39 bits per heavy atom. The minimum Gasteiger partial charge on any atom is -0.341 e. The molecule has 0 saturated carbocycles. The van der Waals surface area contributed by atoms with E-state index in [0.29, 0.717) is 4.85 Å². The molecule has 0 aliphatic carbocycles. The van der Waals surface area contributed by atoms with Crippen molar-refractivity contribution < 1.29 is 27.6 Å². The summed E-state index contributed by atoms with van der Waals surface area (Å²) in [6, 6.07) is 2.71. The standard InChI is InChI=1S/C13H11F3N4O3/c1-7(2)12(22)17-6-11(21)23-20-10-5-8(13(14,15)16)3-4-9(10)18-19-20/h3-5H,1,6H2,2H3,(H,17,22). The van der Waals surface area contributed by atoms with Crippen LogP contribution in [0.4, 0.5) is 13.2 Å². The van der Waals surface area contributed by atoms with Crippen LogP contribution in [0.2, 0.25) is 0 Å². The van der Waals surface area contributed by atoms with Crippen LogP contribution in [0.1, 0.15) is 12.5 Å². The molecule has 0 atom stereocenters. The van der Waals surface area contributed by atoms with Crippen LogP contribution in [0, 0.1) is 0 Å². The summed E-state index contributed by atoms with van der Waals surface area (Å²) in [5, 5.41) is 9.26. The summed E-state index contributed by atoms with van der Waals surface area (Å²) in [5.41, 5.74) is -0.741. The summed E-state index contributed by atoms with van der Waals surface area (Å²) in [4.78, 5) is 28.2. The molecule has 0 aliphatic rings. The van der Waals surface area contributed by atoms with Gasteiger partial charge in [0.15, 0.2) is 0 Å². The molecule has 7 nitrogen and oxygen atoms in total. The van der Waals surface area contributed by atoms with Gasteiger partial charge in [-0.1, -0.05) is 11.4 Å². The zero-order chi connectivity index (χ0) is 17.2. The Morgan fingerprint density at radius 3 is 2.70 bits per heavy atom. The molecular weight excluding hydrogens is 317 g/mol. The van der Waals surface area contributed by atoms with Crippen LogP contribution >= 0.6 is 0 Å². The summed E-state index contributed by atoms with van der Waals surface area (Å²) < 4.78 is 38.1. The molecule has 0 unspecified atom stereocenters. The molecule has 122 valence electrons. The van der Waals surface area contributed by atoms with E-state index in [1.54, 1.807) is 0 Å². The van der Waals surface area contributed by atoms with Crippen molar-refractivity contribution in [1.29, 1.82) is 0 Å². The number of fused-ring (bicyclic) bond motifs is 1. The number of amides is 1. The van der Waals surface area contributed by atoms with E-state index in [0.717, 1.165) is 18.2 Å². The second-order valence-electron chi connectivity index (χ2n) is 4.59. The van der Waals surface area contributed by atoms with Gasteiger partial charge < -0.3 is 10.2 Å². The number of aromatic nitrogens is 3. The maximum absolute atomic E-state index is 12.7. The normalized spacial score (nSPS) is 11.3. The number of nitrogens with zero attached hydrogens (tertiary/aromatic N) is 3. The van der Waals surface area contributed by atoms with Gasteiger partial charge in [-0.15, -0.1) is 5.10 Å². The van der Waals surface area contributed by atoms with Gasteiger partial charge in [0.05, 0.1) is 5.56 Å². The fourth-order valence-electron chi connectivity index (χ4n) is 1.57. The number of hydrogen-bond acceptors (Lipinski definition) is 5. The number of rotatable bonds is 4. The minimum absolute atomic E-state index is 0.122. The molecule has 1 aromatic carbocycles. The first kappa shape index (κ1) is 16.5. The van der Waals surface area contributed by atoms with Gasteiger partial charge in [0.25, 0.3) is 0 Å².